The van der Waals surface area contributed by atoms with Crippen molar-refractivity contribution < 1.29 is 42.6 Å². The molecular weight excluding hydrogens is 264 g/mol. The third-order valence-corrected chi connectivity index (χ3v) is 0.704. The Kier molecular flexibility index (Phi) is 72.0. The molecule has 0 fully saturated rings. The van der Waals surface area contributed by atoms with Crippen molar-refractivity contribution in [2.24, 2.45) is 0 Å². The van der Waals surface area contributed by atoms with Crippen LogP contribution in [0.15, 0.2) is 0 Å². The van der Waals surface area contributed by atoms with Crippen molar-refractivity contribution in [1.29, 1.82) is 0 Å². The van der Waals surface area contributed by atoms with Crippen LogP contribution in [-0.4, -0.2) is 31.7 Å². The van der Waals surface area contributed by atoms with Crippen LogP contribution in [0, 0.1) is 0 Å². The van der Waals surface area contributed by atoms with Gasteiger partial charge in [0, 0.05) is 38.7 Å². The minimum Gasteiger partial charge on any atom is -0.394 e. The van der Waals surface area contributed by atoms with Crippen LogP contribution in [0.1, 0.15) is 55.4 Å². The summed E-state index contributed by atoms with van der Waals surface area (Å²) in [6.45, 7) is 15.5. The Bertz CT molecular complexity index is 64.5. The fourth-order valence-corrected chi connectivity index (χ4v) is 0.409. The maximum absolute atomic E-state index is 8.40. The number of aliphatic hydroxyl groups excluding tert-OH is 1. The summed E-state index contributed by atoms with van der Waals surface area (Å²) in [4.78, 5) is 0. The van der Waals surface area contributed by atoms with Gasteiger partial charge in [0.25, 0.3) is 0 Å². The number of hydrogen-bond acceptors (Lipinski definition) is 2. The molecular formula is C11H29BO2Y. The molecule has 0 saturated heterocycles. The SMILES string of the molecule is CC.CC.CC.[B]C(C)OC(C)CO.[Y]. The van der Waals surface area contributed by atoms with E-state index in [1.54, 1.807) is 13.8 Å². The van der Waals surface area contributed by atoms with Gasteiger partial charge in [0.15, 0.2) is 0 Å². The summed E-state index contributed by atoms with van der Waals surface area (Å²) in [6.07, 6.45) is -0.144. The van der Waals surface area contributed by atoms with E-state index in [1.165, 1.54) is 0 Å². The Hall–Kier alpha value is 1.09. The van der Waals surface area contributed by atoms with Crippen molar-refractivity contribution >= 4 is 7.85 Å². The van der Waals surface area contributed by atoms with Gasteiger partial charge >= 0.3 is 0 Å². The van der Waals surface area contributed by atoms with Gasteiger partial charge in [0.2, 0.25) is 0 Å². The first-order valence-electron chi connectivity index (χ1n) is 5.68. The molecule has 0 aliphatic carbocycles. The van der Waals surface area contributed by atoms with E-state index in [0.29, 0.717) is 0 Å². The third-order valence-electron chi connectivity index (χ3n) is 0.704. The molecule has 91 valence electrons. The first-order chi connectivity index (χ1) is 6.66. The molecule has 0 aliphatic heterocycles. The van der Waals surface area contributed by atoms with Crippen molar-refractivity contribution in [3.63, 3.8) is 0 Å². The summed E-state index contributed by atoms with van der Waals surface area (Å²) in [5.41, 5.74) is 0. The molecule has 0 aromatic carbocycles. The second-order valence-electron chi connectivity index (χ2n) is 1.83. The van der Waals surface area contributed by atoms with Gasteiger partial charge in [-0.1, -0.05) is 41.5 Å². The van der Waals surface area contributed by atoms with Crippen LogP contribution in [0.2, 0.25) is 0 Å². The second-order valence-corrected chi connectivity index (χ2v) is 1.83. The van der Waals surface area contributed by atoms with E-state index in [4.69, 9.17) is 17.7 Å². The summed E-state index contributed by atoms with van der Waals surface area (Å²) >= 11 is 0. The van der Waals surface area contributed by atoms with E-state index in [9.17, 15) is 0 Å². The van der Waals surface area contributed by atoms with E-state index in [2.05, 4.69) is 0 Å². The molecule has 3 radical (unpaired) electrons. The monoisotopic (exact) mass is 293 g/mol. The standard InChI is InChI=1S/C5H11BO2.3C2H6.Y/c1-4(3-7)8-5(2)6;3*1-2;/h4-5,7H,3H2,1-2H3;3*1-2H3;. The molecule has 0 amide bonds. The molecule has 2 nitrogen and oxygen atoms in total. The molecule has 0 bridgehead atoms. The molecule has 2 unspecified atom stereocenters. The van der Waals surface area contributed by atoms with Gasteiger partial charge < -0.3 is 9.84 Å². The summed E-state index contributed by atoms with van der Waals surface area (Å²) in [6, 6.07) is -0.280. The predicted octanol–water partition coefficient (Wildman–Crippen LogP) is 2.97. The molecule has 0 rings (SSSR count). The van der Waals surface area contributed by atoms with Crippen molar-refractivity contribution in [2.45, 2.75) is 67.5 Å². The van der Waals surface area contributed by atoms with Crippen molar-refractivity contribution in [3.05, 3.63) is 0 Å². The average molecular weight is 293 g/mol. The third kappa shape index (κ3) is 51.4. The summed E-state index contributed by atoms with van der Waals surface area (Å²) in [7, 11) is 5.24. The molecule has 2 atom stereocenters. The minimum absolute atomic E-state index is 0. The van der Waals surface area contributed by atoms with Crippen molar-refractivity contribution in [3.8, 4) is 0 Å². The zero-order valence-electron chi connectivity index (χ0n) is 11.9. The minimum atomic E-state index is -0.280. The van der Waals surface area contributed by atoms with E-state index in [0.717, 1.165) is 0 Å². The fourth-order valence-electron chi connectivity index (χ4n) is 0.409. The van der Waals surface area contributed by atoms with Gasteiger partial charge in [-0.15, -0.1) is 0 Å². The molecule has 15 heavy (non-hydrogen) atoms. The van der Waals surface area contributed by atoms with Crippen LogP contribution < -0.4 is 0 Å². The molecule has 0 aromatic rings. The van der Waals surface area contributed by atoms with Gasteiger partial charge in [-0.05, 0) is 13.8 Å². The zero-order valence-corrected chi connectivity index (χ0v) is 14.7. The zero-order chi connectivity index (χ0) is 12.6. The van der Waals surface area contributed by atoms with Crippen LogP contribution in [-0.2, 0) is 37.4 Å². The van der Waals surface area contributed by atoms with E-state index in [1.807, 2.05) is 41.5 Å². The smallest absolute Gasteiger partial charge is 0.108 e. The van der Waals surface area contributed by atoms with Gasteiger partial charge in [0.05, 0.1) is 12.7 Å². The van der Waals surface area contributed by atoms with E-state index >= 15 is 0 Å². The Morgan fingerprint density at radius 1 is 1.00 bits per heavy atom. The molecule has 0 saturated carbocycles. The van der Waals surface area contributed by atoms with Crippen LogP contribution in [0.4, 0.5) is 0 Å². The maximum Gasteiger partial charge on any atom is 0.108 e. The fraction of sp³-hybridized carbons (Fsp3) is 1.00. The Balaban J connectivity index is -0.0000000410. The normalized spacial score (nSPS) is 10.7. The Labute approximate surface area is 124 Å². The topological polar surface area (TPSA) is 29.5 Å². The first-order valence-corrected chi connectivity index (χ1v) is 5.68. The largest absolute Gasteiger partial charge is 0.394 e. The molecule has 0 spiro atoms. The molecule has 4 heteroatoms. The van der Waals surface area contributed by atoms with Gasteiger partial charge in [-0.3, -0.25) is 0 Å². The van der Waals surface area contributed by atoms with Crippen LogP contribution >= 0.6 is 0 Å². The number of rotatable bonds is 3. The van der Waals surface area contributed by atoms with Crippen molar-refractivity contribution in [2.75, 3.05) is 6.61 Å². The van der Waals surface area contributed by atoms with Crippen molar-refractivity contribution in [1.82, 2.24) is 0 Å². The van der Waals surface area contributed by atoms with Gasteiger partial charge in [-0.25, -0.2) is 0 Å². The van der Waals surface area contributed by atoms with Crippen LogP contribution in [0.5, 0.6) is 0 Å². The van der Waals surface area contributed by atoms with Crippen LogP contribution in [0.3, 0.4) is 0 Å². The molecule has 0 heterocycles. The summed E-state index contributed by atoms with van der Waals surface area (Å²) in [5.74, 6) is 0. The van der Waals surface area contributed by atoms with E-state index < -0.39 is 0 Å². The molecule has 1 N–H and O–H groups in total. The number of hydrogen-bond donors (Lipinski definition) is 1. The number of aliphatic hydroxyl groups is 1. The second kappa shape index (κ2) is 36.3. The maximum atomic E-state index is 8.40. The number of ether oxygens (including phenoxy) is 1. The summed E-state index contributed by atoms with van der Waals surface area (Å²) in [5, 5.41) is 8.40. The average Bonchev–Trinajstić information content (AvgIpc) is 2.25. The molecule has 0 aliphatic rings. The summed E-state index contributed by atoms with van der Waals surface area (Å²) < 4.78 is 4.93. The van der Waals surface area contributed by atoms with E-state index in [-0.39, 0.29) is 51.4 Å². The first kappa shape index (κ1) is 29.8. The van der Waals surface area contributed by atoms with Gasteiger partial charge in [0.1, 0.15) is 7.85 Å². The quantitative estimate of drug-likeness (QED) is 0.811. The predicted molar refractivity (Wildman–Crippen MR) is 66.9 cm³/mol. The Morgan fingerprint density at radius 2 is 1.27 bits per heavy atom. The van der Waals surface area contributed by atoms with Gasteiger partial charge in [-0.2, -0.15) is 0 Å². The Morgan fingerprint density at radius 3 is 1.33 bits per heavy atom. The van der Waals surface area contributed by atoms with Crippen LogP contribution in [0.25, 0.3) is 0 Å². The molecule has 0 aromatic heterocycles.